The van der Waals surface area contributed by atoms with Gasteiger partial charge in [-0.25, -0.2) is 0 Å². The maximum absolute atomic E-state index is 2.31. The second-order valence-corrected chi connectivity index (χ2v) is 5.32. The van der Waals surface area contributed by atoms with E-state index in [2.05, 4.69) is 45.0 Å². The highest BCUT2D eigenvalue weighted by atomic mass is 14.1. The molecule has 0 amide bonds. The molecule has 0 aliphatic rings. The van der Waals surface area contributed by atoms with Crippen LogP contribution in [0.5, 0.6) is 0 Å². The molecule has 0 radical (unpaired) electrons. The lowest BCUT2D eigenvalue weighted by molar-refractivity contribution is 0.400. The fourth-order valence-electron chi connectivity index (χ4n) is 2.60. The molecule has 110 valence electrons. The van der Waals surface area contributed by atoms with E-state index >= 15 is 0 Å². The summed E-state index contributed by atoms with van der Waals surface area (Å²) in [5, 5.41) is 0. The van der Waals surface area contributed by atoms with E-state index in [-0.39, 0.29) is 0 Å². The predicted molar refractivity (Wildman–Crippen MR) is 88.8 cm³/mol. The van der Waals surface area contributed by atoms with Crippen molar-refractivity contribution in [1.82, 2.24) is 0 Å². The molecular formula is C19H34. The molecule has 0 aliphatic carbocycles. The van der Waals surface area contributed by atoms with E-state index in [0.29, 0.717) is 0 Å². The Hall–Kier alpha value is -0.780. The van der Waals surface area contributed by atoms with Crippen LogP contribution in [0, 0.1) is 12.8 Å². The van der Waals surface area contributed by atoms with Crippen molar-refractivity contribution < 1.29 is 0 Å². The molecule has 1 aromatic carbocycles. The summed E-state index contributed by atoms with van der Waals surface area (Å²) in [5.74, 6) is 0.968. The Labute approximate surface area is 121 Å². The van der Waals surface area contributed by atoms with E-state index in [1.165, 1.54) is 56.1 Å². The van der Waals surface area contributed by atoms with Crippen molar-refractivity contribution in [3.8, 4) is 0 Å². The topological polar surface area (TPSA) is 0 Å². The highest BCUT2D eigenvalue weighted by molar-refractivity contribution is 5.21. The molecule has 0 N–H and O–H groups in total. The first-order chi connectivity index (χ1) is 9.26. The Morgan fingerprint density at radius 3 is 1.84 bits per heavy atom. The second kappa shape index (κ2) is 12.3. The van der Waals surface area contributed by atoms with Crippen LogP contribution in [-0.4, -0.2) is 0 Å². The van der Waals surface area contributed by atoms with Gasteiger partial charge in [-0.1, -0.05) is 89.6 Å². The average molecular weight is 262 g/mol. The monoisotopic (exact) mass is 262 g/mol. The molecule has 1 aromatic rings. The maximum Gasteiger partial charge on any atom is -0.0279 e. The van der Waals surface area contributed by atoms with E-state index in [0.717, 1.165) is 5.92 Å². The Balaban J connectivity index is 0.00000154. The molecular weight excluding hydrogens is 228 g/mol. The minimum Gasteiger partial charge on any atom is -0.0683 e. The van der Waals surface area contributed by atoms with Gasteiger partial charge in [0.2, 0.25) is 0 Å². The van der Waals surface area contributed by atoms with Crippen LogP contribution in [0.3, 0.4) is 0 Å². The summed E-state index contributed by atoms with van der Waals surface area (Å²) in [4.78, 5) is 0. The zero-order valence-corrected chi connectivity index (χ0v) is 13.8. The van der Waals surface area contributed by atoms with Gasteiger partial charge < -0.3 is 0 Å². The Kier molecular flexibility index (Phi) is 11.8. The molecule has 0 saturated carbocycles. The SMILES string of the molecule is CC.CCCC(CCC)CCCc1ccc(C)cc1. The summed E-state index contributed by atoms with van der Waals surface area (Å²) in [5.41, 5.74) is 2.87. The first-order valence-corrected chi connectivity index (χ1v) is 8.31. The fraction of sp³-hybridized carbons (Fsp3) is 0.684. The molecule has 0 atom stereocenters. The molecule has 19 heavy (non-hydrogen) atoms. The summed E-state index contributed by atoms with van der Waals surface area (Å²) < 4.78 is 0. The fourth-order valence-corrected chi connectivity index (χ4v) is 2.60. The lowest BCUT2D eigenvalue weighted by Gasteiger charge is -2.14. The third kappa shape index (κ3) is 8.86. The average Bonchev–Trinajstić information content (AvgIpc) is 2.44. The third-order valence-corrected chi connectivity index (χ3v) is 3.59. The molecule has 0 unspecified atom stereocenters. The van der Waals surface area contributed by atoms with E-state index in [9.17, 15) is 0 Å². The van der Waals surface area contributed by atoms with E-state index < -0.39 is 0 Å². The Bertz CT molecular complexity index is 277. The van der Waals surface area contributed by atoms with Gasteiger partial charge in [0.25, 0.3) is 0 Å². The summed E-state index contributed by atoms with van der Waals surface area (Å²) in [6.45, 7) is 10.8. The Morgan fingerprint density at radius 1 is 0.842 bits per heavy atom. The quantitative estimate of drug-likeness (QED) is 0.497. The number of rotatable bonds is 8. The molecule has 1 rings (SSSR count). The van der Waals surface area contributed by atoms with Crippen molar-refractivity contribution in [2.45, 2.75) is 79.6 Å². The van der Waals surface area contributed by atoms with Crippen LogP contribution in [0.4, 0.5) is 0 Å². The highest BCUT2D eigenvalue weighted by Crippen LogP contribution is 2.20. The molecule has 0 nitrogen and oxygen atoms in total. The van der Waals surface area contributed by atoms with Gasteiger partial charge in [-0.05, 0) is 31.2 Å². The number of benzene rings is 1. The smallest absolute Gasteiger partial charge is 0.0279 e. The van der Waals surface area contributed by atoms with Crippen LogP contribution in [-0.2, 0) is 6.42 Å². The summed E-state index contributed by atoms with van der Waals surface area (Å²) >= 11 is 0. The molecule has 0 aliphatic heterocycles. The summed E-state index contributed by atoms with van der Waals surface area (Å²) in [6.07, 6.45) is 9.54. The maximum atomic E-state index is 2.31. The second-order valence-electron chi connectivity index (χ2n) is 5.32. The van der Waals surface area contributed by atoms with Crippen molar-refractivity contribution in [2.24, 2.45) is 5.92 Å². The van der Waals surface area contributed by atoms with E-state index in [1.807, 2.05) is 13.8 Å². The summed E-state index contributed by atoms with van der Waals surface area (Å²) in [7, 11) is 0. The van der Waals surface area contributed by atoms with Crippen LogP contribution in [0.25, 0.3) is 0 Å². The van der Waals surface area contributed by atoms with Crippen molar-refractivity contribution >= 4 is 0 Å². The van der Waals surface area contributed by atoms with Crippen LogP contribution in [0.2, 0.25) is 0 Å². The highest BCUT2D eigenvalue weighted by Gasteiger charge is 2.06. The van der Waals surface area contributed by atoms with Crippen LogP contribution in [0.15, 0.2) is 24.3 Å². The van der Waals surface area contributed by atoms with Gasteiger partial charge in [-0.3, -0.25) is 0 Å². The van der Waals surface area contributed by atoms with Crippen molar-refractivity contribution in [1.29, 1.82) is 0 Å². The molecule has 0 saturated heterocycles. The van der Waals surface area contributed by atoms with Gasteiger partial charge in [0.15, 0.2) is 0 Å². The minimum absolute atomic E-state index is 0.968. The lowest BCUT2D eigenvalue weighted by Crippen LogP contribution is -2.00. The molecule has 0 fully saturated rings. The number of hydrogen-bond acceptors (Lipinski definition) is 0. The number of aryl methyl sites for hydroxylation is 2. The predicted octanol–water partition coefficient (Wildman–Crippen LogP) is 6.56. The van der Waals surface area contributed by atoms with Crippen LogP contribution in [0.1, 0.15) is 77.3 Å². The minimum atomic E-state index is 0.968. The molecule has 0 heterocycles. The van der Waals surface area contributed by atoms with Crippen LogP contribution >= 0.6 is 0 Å². The molecule has 0 heteroatoms. The molecule has 0 spiro atoms. The van der Waals surface area contributed by atoms with Gasteiger partial charge in [0, 0.05) is 0 Å². The van der Waals surface area contributed by atoms with Gasteiger partial charge in [-0.15, -0.1) is 0 Å². The standard InChI is InChI=1S/C17H28.C2H6/c1-4-7-16(8-5-2)9-6-10-17-13-11-15(3)12-14-17;1-2/h11-14,16H,4-10H2,1-3H3;1-2H3. The van der Waals surface area contributed by atoms with Crippen molar-refractivity contribution in [2.75, 3.05) is 0 Å². The van der Waals surface area contributed by atoms with E-state index in [4.69, 9.17) is 0 Å². The normalized spacial score (nSPS) is 10.2. The first-order valence-electron chi connectivity index (χ1n) is 8.31. The van der Waals surface area contributed by atoms with Crippen molar-refractivity contribution in [3.63, 3.8) is 0 Å². The largest absolute Gasteiger partial charge is 0.0683 e. The van der Waals surface area contributed by atoms with E-state index in [1.54, 1.807) is 0 Å². The van der Waals surface area contributed by atoms with Gasteiger partial charge in [0.1, 0.15) is 0 Å². The lowest BCUT2D eigenvalue weighted by atomic mass is 9.92. The molecule has 0 bridgehead atoms. The molecule has 0 aromatic heterocycles. The zero-order chi connectivity index (χ0) is 14.5. The Morgan fingerprint density at radius 2 is 1.37 bits per heavy atom. The summed E-state index contributed by atoms with van der Waals surface area (Å²) in [6, 6.07) is 9.02. The third-order valence-electron chi connectivity index (χ3n) is 3.59. The number of hydrogen-bond donors (Lipinski definition) is 0. The van der Waals surface area contributed by atoms with Crippen LogP contribution < -0.4 is 0 Å². The van der Waals surface area contributed by atoms with Gasteiger partial charge in [-0.2, -0.15) is 0 Å². The zero-order valence-electron chi connectivity index (χ0n) is 13.8. The first kappa shape index (κ1) is 18.2. The van der Waals surface area contributed by atoms with Gasteiger partial charge in [0.05, 0.1) is 0 Å². The van der Waals surface area contributed by atoms with Gasteiger partial charge >= 0.3 is 0 Å². The van der Waals surface area contributed by atoms with Crippen molar-refractivity contribution in [3.05, 3.63) is 35.4 Å².